The number of hydrogen-bond acceptors (Lipinski definition) is 3. The molecule has 1 heterocycles. The van der Waals surface area contributed by atoms with Crippen molar-refractivity contribution >= 4 is 28.5 Å². The van der Waals surface area contributed by atoms with E-state index in [2.05, 4.69) is 32.7 Å². The quantitative estimate of drug-likeness (QED) is 0.591. The fourth-order valence-corrected chi connectivity index (χ4v) is 3.01. The molecule has 3 rings (SSSR count). The van der Waals surface area contributed by atoms with Gasteiger partial charge in [-0.2, -0.15) is 5.10 Å². The number of amides is 1. The maximum atomic E-state index is 12.7. The van der Waals surface area contributed by atoms with Crippen molar-refractivity contribution in [3.63, 3.8) is 0 Å². The van der Waals surface area contributed by atoms with Crippen LogP contribution in [0.1, 0.15) is 28.9 Å². The Hall–Kier alpha value is -2.22. The van der Waals surface area contributed by atoms with Crippen molar-refractivity contribution < 1.29 is 4.79 Å². The van der Waals surface area contributed by atoms with Gasteiger partial charge in [0, 0.05) is 16.2 Å². The zero-order chi connectivity index (χ0) is 17.1. The van der Waals surface area contributed by atoms with E-state index < -0.39 is 0 Å². The third kappa shape index (κ3) is 3.48. The van der Waals surface area contributed by atoms with E-state index in [0.717, 1.165) is 14.8 Å². The number of halogens is 1. The molecule has 0 spiro atoms. The van der Waals surface area contributed by atoms with Crippen LogP contribution in [0.2, 0.25) is 0 Å². The van der Waals surface area contributed by atoms with E-state index in [-0.39, 0.29) is 11.9 Å². The highest BCUT2D eigenvalue weighted by Crippen LogP contribution is 2.22. The highest BCUT2D eigenvalue weighted by Gasteiger charge is 2.19. The molecule has 6 heteroatoms. The van der Waals surface area contributed by atoms with Crippen LogP contribution in [-0.4, -0.2) is 32.6 Å². The van der Waals surface area contributed by atoms with Crippen molar-refractivity contribution in [1.82, 2.24) is 19.7 Å². The molecule has 24 heavy (non-hydrogen) atoms. The molecule has 0 N–H and O–H groups in total. The molecule has 2 aromatic carbocycles. The second kappa shape index (κ2) is 7.12. The van der Waals surface area contributed by atoms with Gasteiger partial charge >= 0.3 is 0 Å². The molecular weight excluding hydrogens is 415 g/mol. The molecular formula is C18H17IN4O. The Morgan fingerprint density at radius 2 is 1.96 bits per heavy atom. The molecule has 0 fully saturated rings. The number of carbonyl (C=O) groups is 1. The third-order valence-corrected chi connectivity index (χ3v) is 4.70. The Labute approximate surface area is 154 Å². The molecule has 0 unspecified atom stereocenters. The van der Waals surface area contributed by atoms with E-state index in [4.69, 9.17) is 0 Å². The summed E-state index contributed by atoms with van der Waals surface area (Å²) >= 11 is 2.22. The predicted molar refractivity (Wildman–Crippen MR) is 101 cm³/mol. The molecule has 5 nitrogen and oxygen atoms in total. The van der Waals surface area contributed by atoms with Gasteiger partial charge in [-0.15, -0.1) is 0 Å². The summed E-state index contributed by atoms with van der Waals surface area (Å²) in [4.78, 5) is 18.4. The predicted octanol–water partition coefficient (Wildman–Crippen LogP) is 3.71. The van der Waals surface area contributed by atoms with Crippen LogP contribution in [0.25, 0.3) is 5.69 Å². The summed E-state index contributed by atoms with van der Waals surface area (Å²) < 4.78 is 2.76. The van der Waals surface area contributed by atoms with Gasteiger partial charge in [0.15, 0.2) is 0 Å². The van der Waals surface area contributed by atoms with Gasteiger partial charge in [0.25, 0.3) is 5.91 Å². The Morgan fingerprint density at radius 1 is 1.21 bits per heavy atom. The van der Waals surface area contributed by atoms with Crippen molar-refractivity contribution in [2.24, 2.45) is 0 Å². The highest BCUT2D eigenvalue weighted by atomic mass is 127. The van der Waals surface area contributed by atoms with E-state index in [0.29, 0.717) is 5.56 Å². The summed E-state index contributed by atoms with van der Waals surface area (Å²) in [6.45, 7) is 2.02. The smallest absolute Gasteiger partial charge is 0.254 e. The van der Waals surface area contributed by atoms with Crippen LogP contribution in [0.5, 0.6) is 0 Å². The van der Waals surface area contributed by atoms with Gasteiger partial charge in [-0.25, -0.2) is 9.67 Å². The summed E-state index contributed by atoms with van der Waals surface area (Å²) in [5.74, 6) is 0.0152. The molecule has 3 aromatic rings. The van der Waals surface area contributed by atoms with Crippen molar-refractivity contribution in [2.45, 2.75) is 13.0 Å². The summed E-state index contributed by atoms with van der Waals surface area (Å²) in [7, 11) is 1.83. The number of hydrogen-bond donors (Lipinski definition) is 0. The molecule has 0 aliphatic heterocycles. The first-order chi connectivity index (χ1) is 11.6. The zero-order valence-electron chi connectivity index (χ0n) is 13.4. The second-order valence-corrected chi connectivity index (χ2v) is 6.78. The molecule has 1 aromatic heterocycles. The van der Waals surface area contributed by atoms with E-state index in [1.807, 2.05) is 62.5 Å². The van der Waals surface area contributed by atoms with Gasteiger partial charge in [-0.05, 0) is 65.4 Å². The van der Waals surface area contributed by atoms with E-state index >= 15 is 0 Å². The van der Waals surface area contributed by atoms with Crippen molar-refractivity contribution in [3.8, 4) is 5.69 Å². The van der Waals surface area contributed by atoms with E-state index in [9.17, 15) is 4.79 Å². The molecule has 1 amide bonds. The third-order valence-electron chi connectivity index (χ3n) is 4.03. The molecule has 0 bridgehead atoms. The average Bonchev–Trinajstić information content (AvgIpc) is 3.14. The number of carbonyl (C=O) groups excluding carboxylic acids is 1. The van der Waals surface area contributed by atoms with Crippen LogP contribution in [0.15, 0.2) is 61.2 Å². The molecule has 0 saturated heterocycles. The minimum atomic E-state index is -0.0276. The van der Waals surface area contributed by atoms with Gasteiger partial charge in [-0.3, -0.25) is 4.79 Å². The lowest BCUT2D eigenvalue weighted by Gasteiger charge is -2.25. The van der Waals surface area contributed by atoms with Crippen LogP contribution in [-0.2, 0) is 0 Å². The Kier molecular flexibility index (Phi) is 4.94. The van der Waals surface area contributed by atoms with E-state index in [1.54, 1.807) is 15.9 Å². The van der Waals surface area contributed by atoms with Gasteiger partial charge in [0.1, 0.15) is 12.7 Å². The first-order valence-electron chi connectivity index (χ1n) is 7.54. The van der Waals surface area contributed by atoms with Crippen LogP contribution in [0.4, 0.5) is 0 Å². The largest absolute Gasteiger partial charge is 0.335 e. The molecule has 0 radical (unpaired) electrons. The fraction of sp³-hybridized carbons (Fsp3) is 0.167. The molecule has 0 aliphatic carbocycles. The topological polar surface area (TPSA) is 51.0 Å². The summed E-state index contributed by atoms with van der Waals surface area (Å²) in [6, 6.07) is 15.6. The Bertz CT molecular complexity index is 830. The number of rotatable bonds is 4. The van der Waals surface area contributed by atoms with Gasteiger partial charge < -0.3 is 4.90 Å². The second-order valence-electron chi connectivity index (χ2n) is 5.53. The standard InChI is InChI=1S/C18H17IN4O/c1-13(22(2)18(24)15-4-3-5-16(19)10-15)14-6-8-17(9-7-14)23-12-20-11-21-23/h3-13H,1-2H3/t13-/m0/s1. The Morgan fingerprint density at radius 3 is 2.58 bits per heavy atom. The van der Waals surface area contributed by atoms with Crippen LogP contribution < -0.4 is 0 Å². The summed E-state index contributed by atoms with van der Waals surface area (Å²) in [6.07, 6.45) is 3.16. The normalized spacial score (nSPS) is 12.0. The van der Waals surface area contributed by atoms with Crippen LogP contribution in [0, 0.1) is 3.57 Å². The van der Waals surface area contributed by atoms with Crippen molar-refractivity contribution in [3.05, 3.63) is 75.9 Å². The minimum absolute atomic E-state index is 0.0152. The van der Waals surface area contributed by atoms with Gasteiger partial charge in [0.2, 0.25) is 0 Å². The summed E-state index contributed by atoms with van der Waals surface area (Å²) in [5, 5.41) is 4.11. The molecule has 122 valence electrons. The minimum Gasteiger partial charge on any atom is -0.335 e. The highest BCUT2D eigenvalue weighted by molar-refractivity contribution is 14.1. The lowest BCUT2D eigenvalue weighted by atomic mass is 10.1. The SMILES string of the molecule is C[C@@H](c1ccc(-n2cncn2)cc1)N(C)C(=O)c1cccc(I)c1. The molecule has 1 atom stereocenters. The van der Waals surface area contributed by atoms with Crippen LogP contribution in [0.3, 0.4) is 0 Å². The lowest BCUT2D eigenvalue weighted by molar-refractivity contribution is 0.0742. The van der Waals surface area contributed by atoms with Gasteiger partial charge in [0.05, 0.1) is 11.7 Å². The molecule has 0 aliphatic rings. The molecule has 0 saturated carbocycles. The maximum Gasteiger partial charge on any atom is 0.254 e. The van der Waals surface area contributed by atoms with Gasteiger partial charge in [-0.1, -0.05) is 18.2 Å². The van der Waals surface area contributed by atoms with E-state index in [1.165, 1.54) is 6.33 Å². The number of benzene rings is 2. The average molecular weight is 432 g/mol. The number of aromatic nitrogens is 3. The van der Waals surface area contributed by atoms with Crippen molar-refractivity contribution in [1.29, 1.82) is 0 Å². The van der Waals surface area contributed by atoms with Crippen molar-refractivity contribution in [2.75, 3.05) is 7.05 Å². The number of nitrogens with zero attached hydrogens (tertiary/aromatic N) is 4. The fourth-order valence-electron chi connectivity index (χ4n) is 2.47. The lowest BCUT2D eigenvalue weighted by Crippen LogP contribution is -2.29. The maximum absolute atomic E-state index is 12.7. The summed E-state index contributed by atoms with van der Waals surface area (Å²) in [5.41, 5.74) is 2.71. The zero-order valence-corrected chi connectivity index (χ0v) is 15.6. The monoisotopic (exact) mass is 432 g/mol. The van der Waals surface area contributed by atoms with Crippen LogP contribution >= 0.6 is 22.6 Å². The Balaban J connectivity index is 1.78. The first kappa shape index (κ1) is 16.6. The first-order valence-corrected chi connectivity index (χ1v) is 8.62.